The molecule has 0 atom stereocenters. The van der Waals surface area contributed by atoms with Crippen LogP contribution in [0.3, 0.4) is 0 Å². The molecular weight excluding hydrogens is 813 g/mol. The maximum absolute atomic E-state index is 5.33. The van der Waals surface area contributed by atoms with Crippen molar-refractivity contribution in [3.8, 4) is 117 Å². The lowest BCUT2D eigenvalue weighted by molar-refractivity contribution is 1.18. The molecule has 0 saturated heterocycles. The Balaban J connectivity index is 0.926. The van der Waals surface area contributed by atoms with Crippen LogP contribution in [0, 0.1) is 0 Å². The Morgan fingerprint density at radius 1 is 0.284 bits per heavy atom. The molecule has 0 amide bonds. The highest BCUT2D eigenvalue weighted by atomic mass is 15.0. The van der Waals surface area contributed by atoms with Gasteiger partial charge in [0.25, 0.3) is 0 Å². The third-order valence-electron chi connectivity index (χ3n) is 13.9. The fraction of sp³-hybridized carbons (Fsp3) is 0. The number of para-hydroxylation sites is 2. The molecule has 2 aliphatic rings. The van der Waals surface area contributed by atoms with Crippen LogP contribution >= 0.6 is 0 Å². The van der Waals surface area contributed by atoms with Crippen molar-refractivity contribution in [3.63, 3.8) is 0 Å². The van der Waals surface area contributed by atoms with Gasteiger partial charge in [-0.25, -0.2) is 9.97 Å². The van der Waals surface area contributed by atoms with Crippen LogP contribution in [-0.2, 0) is 0 Å². The number of hydrogen-bond donors (Lipinski definition) is 0. The molecular formula is C63H38N4. The van der Waals surface area contributed by atoms with Crippen molar-refractivity contribution in [3.05, 3.63) is 231 Å². The average molecular weight is 851 g/mol. The molecule has 4 heteroatoms. The minimum atomic E-state index is 0.677. The van der Waals surface area contributed by atoms with Crippen LogP contribution in [0.2, 0.25) is 0 Å². The summed E-state index contributed by atoms with van der Waals surface area (Å²) in [5, 5.41) is 2.50. The van der Waals surface area contributed by atoms with E-state index in [1.807, 2.05) is 24.5 Å². The van der Waals surface area contributed by atoms with Gasteiger partial charge in [-0.05, 0) is 121 Å². The first-order chi connectivity index (χ1) is 33.2. The monoisotopic (exact) mass is 850 g/mol. The first-order valence-electron chi connectivity index (χ1n) is 22.8. The second-order valence-electron chi connectivity index (χ2n) is 17.5. The second-order valence-corrected chi connectivity index (χ2v) is 17.5. The molecule has 14 rings (SSSR count). The lowest BCUT2D eigenvalue weighted by atomic mass is 9.80. The highest BCUT2D eigenvalue weighted by Crippen LogP contribution is 2.51. The van der Waals surface area contributed by atoms with Gasteiger partial charge in [0.1, 0.15) is 0 Å². The van der Waals surface area contributed by atoms with Crippen LogP contribution < -0.4 is 0 Å². The van der Waals surface area contributed by atoms with Crippen molar-refractivity contribution in [2.24, 2.45) is 0 Å². The van der Waals surface area contributed by atoms with Crippen molar-refractivity contribution in [2.75, 3.05) is 0 Å². The van der Waals surface area contributed by atoms with Crippen LogP contribution in [0.1, 0.15) is 0 Å². The first-order valence-corrected chi connectivity index (χ1v) is 22.8. The third kappa shape index (κ3) is 5.76. The van der Waals surface area contributed by atoms with Gasteiger partial charge in [0.05, 0.1) is 22.4 Å². The second kappa shape index (κ2) is 14.8. The summed E-state index contributed by atoms with van der Waals surface area (Å²) in [6.45, 7) is 0. The Kier molecular flexibility index (Phi) is 8.25. The lowest BCUT2D eigenvalue weighted by Crippen LogP contribution is -2.00. The molecule has 0 N–H and O–H groups in total. The van der Waals surface area contributed by atoms with Crippen LogP contribution in [0.4, 0.5) is 0 Å². The molecule has 4 nitrogen and oxygen atoms in total. The van der Waals surface area contributed by atoms with Gasteiger partial charge in [0.15, 0.2) is 5.82 Å². The van der Waals surface area contributed by atoms with E-state index >= 15 is 0 Å². The summed E-state index contributed by atoms with van der Waals surface area (Å²) in [5.41, 5.74) is 24.9. The zero-order valence-corrected chi connectivity index (χ0v) is 36.2. The summed E-state index contributed by atoms with van der Waals surface area (Å²) in [7, 11) is 0. The molecule has 0 bridgehead atoms. The largest absolute Gasteiger partial charge is 0.309 e. The molecule has 0 radical (unpaired) electrons. The zero-order valence-electron chi connectivity index (χ0n) is 36.2. The van der Waals surface area contributed by atoms with E-state index in [4.69, 9.17) is 15.0 Å². The minimum Gasteiger partial charge on any atom is -0.309 e. The van der Waals surface area contributed by atoms with Crippen LogP contribution in [0.25, 0.3) is 139 Å². The molecule has 0 spiro atoms. The van der Waals surface area contributed by atoms with E-state index in [1.54, 1.807) is 0 Å². The highest BCUT2D eigenvalue weighted by molar-refractivity contribution is 6.10. The van der Waals surface area contributed by atoms with Crippen molar-refractivity contribution in [2.45, 2.75) is 0 Å². The predicted molar refractivity (Wildman–Crippen MR) is 276 cm³/mol. The molecule has 0 aliphatic heterocycles. The molecule has 2 aliphatic carbocycles. The predicted octanol–water partition coefficient (Wildman–Crippen LogP) is 16.3. The molecule has 0 fully saturated rings. The van der Waals surface area contributed by atoms with Crippen molar-refractivity contribution in [1.82, 2.24) is 19.5 Å². The van der Waals surface area contributed by atoms with Gasteiger partial charge in [-0.3, -0.25) is 4.98 Å². The number of nitrogens with zero attached hydrogens (tertiary/aromatic N) is 4. The van der Waals surface area contributed by atoms with Gasteiger partial charge in [0.2, 0.25) is 0 Å². The van der Waals surface area contributed by atoms with E-state index in [-0.39, 0.29) is 0 Å². The standard InChI is InChI=1S/C63H38N4/c1-4-18-46-42(14-1)43-15-2-6-20-48(43)58-38-41(67-60-25-11-9-21-52(60)53-22-10-12-26-61(53)67)29-32-50(58)49-30-27-39(36-56(46)49)59-33-35-65-63(66-59)40-28-31-51-55-24-13-34-64-62(55)54-23-8-7-17-45(54)44-16-3-5-19-47(44)57(51)37-40/h1-38H. The summed E-state index contributed by atoms with van der Waals surface area (Å²) in [6.07, 6.45) is 3.78. The minimum absolute atomic E-state index is 0.677. The fourth-order valence-corrected chi connectivity index (χ4v) is 10.9. The maximum atomic E-state index is 5.33. The Morgan fingerprint density at radius 3 is 1.33 bits per heavy atom. The Hall–Kier alpha value is -8.99. The van der Waals surface area contributed by atoms with Gasteiger partial charge in [-0.2, -0.15) is 0 Å². The lowest BCUT2D eigenvalue weighted by Gasteiger charge is -2.24. The summed E-state index contributed by atoms with van der Waals surface area (Å²) >= 11 is 0. The summed E-state index contributed by atoms with van der Waals surface area (Å²) < 4.78 is 2.41. The molecule has 12 aromatic rings. The smallest absolute Gasteiger partial charge is 0.159 e. The normalized spacial score (nSPS) is 11.9. The molecule has 3 aromatic heterocycles. The van der Waals surface area contributed by atoms with E-state index in [0.717, 1.165) is 50.5 Å². The van der Waals surface area contributed by atoms with E-state index < -0.39 is 0 Å². The number of aromatic nitrogens is 4. The van der Waals surface area contributed by atoms with Gasteiger partial charge in [0, 0.05) is 51.1 Å². The Bertz CT molecular complexity index is 3950. The summed E-state index contributed by atoms with van der Waals surface area (Å²) in [5.74, 6) is 0.677. The number of fused-ring (bicyclic) bond motifs is 19. The molecule has 9 aromatic carbocycles. The SMILES string of the molecule is c1ccc2c(c1)-c1ccccc1-c1cc(-n3c4ccccc4c4ccccc43)ccc1-c1ccc(-c3ccnc(-c4ccc5c(c4)-c4ccccc4-c4ccccc4-c4ncccc4-5)n3)cc1-2. The summed E-state index contributed by atoms with van der Waals surface area (Å²) in [4.78, 5) is 15.2. The Labute approximate surface area is 387 Å². The van der Waals surface area contributed by atoms with Gasteiger partial charge >= 0.3 is 0 Å². The number of benzene rings is 9. The van der Waals surface area contributed by atoms with Crippen molar-refractivity contribution in [1.29, 1.82) is 0 Å². The van der Waals surface area contributed by atoms with E-state index in [9.17, 15) is 0 Å². The van der Waals surface area contributed by atoms with Crippen molar-refractivity contribution < 1.29 is 0 Å². The number of hydrogen-bond acceptors (Lipinski definition) is 3. The molecule has 310 valence electrons. The third-order valence-corrected chi connectivity index (χ3v) is 13.9. The van der Waals surface area contributed by atoms with Crippen LogP contribution in [0.5, 0.6) is 0 Å². The number of rotatable bonds is 3. The molecule has 67 heavy (non-hydrogen) atoms. The maximum Gasteiger partial charge on any atom is 0.159 e. The van der Waals surface area contributed by atoms with E-state index in [0.29, 0.717) is 5.82 Å². The van der Waals surface area contributed by atoms with Crippen LogP contribution in [-0.4, -0.2) is 19.5 Å². The molecule has 0 unspecified atom stereocenters. The van der Waals surface area contributed by atoms with E-state index in [1.165, 1.54) is 83.0 Å². The Morgan fingerprint density at radius 2 is 0.716 bits per heavy atom. The quantitative estimate of drug-likeness (QED) is 0.178. The number of pyridine rings is 1. The van der Waals surface area contributed by atoms with Gasteiger partial charge < -0.3 is 4.57 Å². The van der Waals surface area contributed by atoms with Crippen molar-refractivity contribution >= 4 is 21.8 Å². The molecule has 3 heterocycles. The summed E-state index contributed by atoms with van der Waals surface area (Å²) in [6, 6.07) is 79.2. The van der Waals surface area contributed by atoms with Crippen LogP contribution in [0.15, 0.2) is 231 Å². The van der Waals surface area contributed by atoms with Gasteiger partial charge in [-0.1, -0.05) is 170 Å². The topological polar surface area (TPSA) is 43.6 Å². The molecule has 0 saturated carbocycles. The van der Waals surface area contributed by atoms with E-state index in [2.05, 4.69) is 211 Å². The van der Waals surface area contributed by atoms with Gasteiger partial charge in [-0.15, -0.1) is 0 Å². The highest BCUT2D eigenvalue weighted by Gasteiger charge is 2.26. The average Bonchev–Trinajstić information content (AvgIpc) is 3.74. The first kappa shape index (κ1) is 37.4. The fourth-order valence-electron chi connectivity index (χ4n) is 10.9. The zero-order chi connectivity index (χ0) is 44.0.